The highest BCUT2D eigenvalue weighted by Gasteiger charge is 2.27. The van der Waals surface area contributed by atoms with Crippen molar-refractivity contribution < 1.29 is 47.8 Å². The van der Waals surface area contributed by atoms with Crippen LogP contribution in [0.25, 0.3) is 0 Å². The second kappa shape index (κ2) is 40.4. The molecule has 0 aromatic carbocycles. The van der Waals surface area contributed by atoms with E-state index >= 15 is 0 Å². The number of aliphatic hydroxyl groups is 2. The van der Waals surface area contributed by atoms with Gasteiger partial charge >= 0.3 is 19.8 Å². The van der Waals surface area contributed by atoms with E-state index in [1.165, 1.54) is 83.5 Å². The number of phosphoric acid groups is 1. The molecule has 0 saturated heterocycles. The van der Waals surface area contributed by atoms with Crippen molar-refractivity contribution in [1.82, 2.24) is 0 Å². The van der Waals surface area contributed by atoms with Gasteiger partial charge in [0.05, 0.1) is 19.8 Å². The summed E-state index contributed by atoms with van der Waals surface area (Å²) in [6.07, 6.45) is 41.1. The summed E-state index contributed by atoms with van der Waals surface area (Å²) in [5.74, 6) is -0.939. The number of carbonyl (C=O) groups is 2. The predicted octanol–water partition coefficient (Wildman–Crippen LogP) is 11.6. The number of hydrogen-bond donors (Lipinski definition) is 3. The van der Waals surface area contributed by atoms with Crippen LogP contribution in [0, 0.1) is 0 Å². The van der Waals surface area contributed by atoms with Gasteiger partial charge in [-0.2, -0.15) is 0 Å². The number of hydrogen-bond acceptors (Lipinski definition) is 9. The number of ether oxygens (including phenoxy) is 2. The molecule has 11 heteroatoms. The molecule has 0 aliphatic carbocycles. The van der Waals surface area contributed by atoms with E-state index in [-0.39, 0.29) is 19.4 Å². The van der Waals surface area contributed by atoms with E-state index in [4.69, 9.17) is 19.1 Å². The van der Waals surface area contributed by atoms with Crippen LogP contribution in [0.15, 0.2) is 36.5 Å². The molecule has 55 heavy (non-hydrogen) atoms. The summed E-state index contributed by atoms with van der Waals surface area (Å²) in [5, 5.41) is 18.3. The van der Waals surface area contributed by atoms with Gasteiger partial charge in [0.2, 0.25) is 0 Å². The van der Waals surface area contributed by atoms with Gasteiger partial charge in [0.1, 0.15) is 12.7 Å². The maximum Gasteiger partial charge on any atom is 0.472 e. The molecule has 0 saturated carbocycles. The zero-order valence-electron chi connectivity index (χ0n) is 34.9. The van der Waals surface area contributed by atoms with Gasteiger partial charge in [-0.1, -0.05) is 172 Å². The summed E-state index contributed by atoms with van der Waals surface area (Å²) >= 11 is 0. The van der Waals surface area contributed by atoms with Crippen LogP contribution in [0.3, 0.4) is 0 Å². The topological polar surface area (TPSA) is 149 Å². The second-order valence-electron chi connectivity index (χ2n) is 14.7. The molecule has 0 amide bonds. The van der Waals surface area contributed by atoms with Crippen LogP contribution in [0.2, 0.25) is 0 Å². The van der Waals surface area contributed by atoms with Crippen LogP contribution in [0.1, 0.15) is 194 Å². The normalized spacial score (nSPS) is 14.2. The summed E-state index contributed by atoms with van der Waals surface area (Å²) in [6, 6.07) is 0. The Bertz CT molecular complexity index is 1010. The van der Waals surface area contributed by atoms with E-state index in [2.05, 4.69) is 54.8 Å². The van der Waals surface area contributed by atoms with Gasteiger partial charge in [-0.15, -0.1) is 0 Å². The first kappa shape index (κ1) is 53.2. The molecule has 322 valence electrons. The van der Waals surface area contributed by atoms with Gasteiger partial charge in [0.25, 0.3) is 0 Å². The fourth-order valence-electron chi connectivity index (χ4n) is 5.95. The Balaban J connectivity index is 4.28. The Morgan fingerprint density at radius 2 is 1.00 bits per heavy atom. The van der Waals surface area contributed by atoms with Crippen molar-refractivity contribution in [3.63, 3.8) is 0 Å². The van der Waals surface area contributed by atoms with E-state index < -0.39 is 51.8 Å². The van der Waals surface area contributed by atoms with Crippen LogP contribution in [0.4, 0.5) is 0 Å². The molecule has 0 fully saturated rings. The lowest BCUT2D eigenvalue weighted by Gasteiger charge is -2.20. The average molecular weight is 801 g/mol. The average Bonchev–Trinajstić information content (AvgIpc) is 3.17. The van der Waals surface area contributed by atoms with Crippen molar-refractivity contribution in [2.45, 2.75) is 206 Å². The monoisotopic (exact) mass is 801 g/mol. The van der Waals surface area contributed by atoms with Gasteiger partial charge in [-0.05, 0) is 44.9 Å². The predicted molar refractivity (Wildman–Crippen MR) is 224 cm³/mol. The third kappa shape index (κ3) is 40.2. The van der Waals surface area contributed by atoms with Crippen LogP contribution >= 0.6 is 7.82 Å². The lowest BCUT2D eigenvalue weighted by molar-refractivity contribution is -0.161. The summed E-state index contributed by atoms with van der Waals surface area (Å²) in [6.45, 7) is 2.26. The highest BCUT2D eigenvalue weighted by molar-refractivity contribution is 7.47. The lowest BCUT2D eigenvalue weighted by Crippen LogP contribution is -2.29. The Morgan fingerprint density at radius 3 is 1.51 bits per heavy atom. The summed E-state index contributed by atoms with van der Waals surface area (Å²) < 4.78 is 32.7. The number of carbonyl (C=O) groups excluding carboxylic acids is 2. The second-order valence-corrected chi connectivity index (χ2v) is 16.2. The molecular weight excluding hydrogens is 719 g/mol. The molecule has 0 aromatic rings. The fourth-order valence-corrected chi connectivity index (χ4v) is 6.74. The molecule has 0 bridgehead atoms. The van der Waals surface area contributed by atoms with Crippen LogP contribution in [0.5, 0.6) is 0 Å². The van der Waals surface area contributed by atoms with E-state index in [0.717, 1.165) is 70.6 Å². The summed E-state index contributed by atoms with van der Waals surface area (Å²) in [5.41, 5.74) is 0. The molecule has 0 heterocycles. The number of phosphoric ester groups is 1. The zero-order chi connectivity index (χ0) is 40.5. The molecular formula is C44H81O10P. The molecule has 3 atom stereocenters. The van der Waals surface area contributed by atoms with Crippen molar-refractivity contribution >= 4 is 19.8 Å². The molecule has 0 aliphatic heterocycles. The first-order valence-corrected chi connectivity index (χ1v) is 23.4. The maximum atomic E-state index is 12.6. The first-order chi connectivity index (χ1) is 26.7. The van der Waals surface area contributed by atoms with Crippen molar-refractivity contribution in [1.29, 1.82) is 0 Å². The number of unbranched alkanes of at least 4 members (excludes halogenated alkanes) is 21. The van der Waals surface area contributed by atoms with Crippen LogP contribution in [-0.2, 0) is 32.7 Å². The summed E-state index contributed by atoms with van der Waals surface area (Å²) in [4.78, 5) is 35.0. The molecule has 0 rings (SSSR count). The largest absolute Gasteiger partial charge is 0.472 e. The number of allylic oxidation sites excluding steroid dienone is 6. The van der Waals surface area contributed by atoms with Gasteiger partial charge in [-0.25, -0.2) is 4.57 Å². The van der Waals surface area contributed by atoms with Crippen molar-refractivity contribution in [2.24, 2.45) is 0 Å². The van der Waals surface area contributed by atoms with Crippen LogP contribution < -0.4 is 0 Å². The highest BCUT2D eigenvalue weighted by atomic mass is 31.2. The first-order valence-electron chi connectivity index (χ1n) is 21.9. The minimum atomic E-state index is -4.62. The van der Waals surface area contributed by atoms with Crippen molar-refractivity contribution in [2.75, 3.05) is 26.4 Å². The lowest BCUT2D eigenvalue weighted by atomic mass is 10.0. The standard InChI is InChI=1S/C44H81O10P/c1-3-5-7-9-11-13-15-17-19-20-22-23-25-27-29-31-33-35-43(47)51-39-42(40-53-55(49,50)52-38-41(46)37-45)54-44(48)36-34-32-30-28-26-24-21-18-16-14-12-10-8-6-4-2/h6,8,12,14,18,21,41-42,45-46H,3-5,7,9-11,13,15-17,19-20,22-40H2,1-2H3,(H,49,50)/b8-6-,14-12-,21-18-. The van der Waals surface area contributed by atoms with E-state index in [0.29, 0.717) is 12.8 Å². The maximum absolute atomic E-state index is 12.6. The van der Waals surface area contributed by atoms with Gasteiger partial charge in [0.15, 0.2) is 6.10 Å². The molecule has 0 aliphatic rings. The SMILES string of the molecule is CC/C=C\C/C=C\C/C=C\CCCCCCCC(=O)OC(COC(=O)CCCCCCCCCCCCCCCCCCC)COP(=O)(O)OCC(O)CO. The zero-order valence-corrected chi connectivity index (χ0v) is 35.8. The third-order valence-electron chi connectivity index (χ3n) is 9.31. The van der Waals surface area contributed by atoms with E-state index in [1.54, 1.807) is 0 Å². The third-order valence-corrected chi connectivity index (χ3v) is 10.3. The minimum absolute atomic E-state index is 0.166. The number of rotatable bonds is 41. The van der Waals surface area contributed by atoms with Crippen molar-refractivity contribution in [3.8, 4) is 0 Å². The number of aliphatic hydroxyl groups excluding tert-OH is 2. The molecule has 0 aromatic heterocycles. The Hall–Kier alpha value is -1.81. The molecule has 0 spiro atoms. The van der Waals surface area contributed by atoms with Gasteiger partial charge in [0, 0.05) is 12.8 Å². The molecule has 10 nitrogen and oxygen atoms in total. The Morgan fingerprint density at radius 1 is 0.564 bits per heavy atom. The molecule has 3 N–H and O–H groups in total. The smallest absolute Gasteiger partial charge is 0.462 e. The fraction of sp³-hybridized carbons (Fsp3) is 0.818. The molecule has 3 unspecified atom stereocenters. The highest BCUT2D eigenvalue weighted by Crippen LogP contribution is 2.43. The quantitative estimate of drug-likeness (QED) is 0.0236. The van der Waals surface area contributed by atoms with Gasteiger partial charge < -0.3 is 24.6 Å². The summed E-state index contributed by atoms with van der Waals surface area (Å²) in [7, 11) is -4.62. The van der Waals surface area contributed by atoms with E-state index in [1.807, 2.05) is 0 Å². The Labute approximate surface area is 335 Å². The van der Waals surface area contributed by atoms with Gasteiger partial charge in [-0.3, -0.25) is 18.6 Å². The minimum Gasteiger partial charge on any atom is -0.462 e. The van der Waals surface area contributed by atoms with Crippen molar-refractivity contribution in [3.05, 3.63) is 36.5 Å². The molecule has 0 radical (unpaired) electrons. The van der Waals surface area contributed by atoms with Crippen LogP contribution in [-0.4, -0.2) is 65.7 Å². The van der Waals surface area contributed by atoms with E-state index in [9.17, 15) is 24.2 Å². The Kier molecular flexibility index (Phi) is 39.1. The number of esters is 2.